The zero-order valence-corrected chi connectivity index (χ0v) is 8.36. The van der Waals surface area contributed by atoms with Crippen molar-refractivity contribution in [1.29, 1.82) is 5.26 Å². The van der Waals surface area contributed by atoms with Crippen molar-refractivity contribution in [1.82, 2.24) is 0 Å². The minimum Gasteiger partial charge on any atom is -0.493 e. The first-order valence-electron chi connectivity index (χ1n) is 4.65. The number of hydrogen-bond acceptors (Lipinski definition) is 3. The van der Waals surface area contributed by atoms with Gasteiger partial charge in [0.25, 0.3) is 0 Å². The van der Waals surface area contributed by atoms with Crippen molar-refractivity contribution in [3.05, 3.63) is 29.8 Å². The van der Waals surface area contributed by atoms with Gasteiger partial charge in [0.1, 0.15) is 12.4 Å². The molecule has 1 aromatic rings. The van der Waals surface area contributed by atoms with Gasteiger partial charge in [-0.05, 0) is 24.3 Å². The number of nitrogens with zero attached hydrogens (tertiary/aromatic N) is 1. The molecule has 3 nitrogen and oxygen atoms in total. The fourth-order valence-electron chi connectivity index (χ4n) is 1.00. The van der Waals surface area contributed by atoms with Crippen molar-refractivity contribution >= 4 is 0 Å². The van der Waals surface area contributed by atoms with E-state index in [2.05, 4.69) is 11.8 Å². The number of nitrogens with two attached hydrogens (primary N) is 1. The molecule has 0 aliphatic carbocycles. The molecule has 76 valence electrons. The first-order valence-corrected chi connectivity index (χ1v) is 4.65. The maximum absolute atomic E-state index is 8.33. The summed E-state index contributed by atoms with van der Waals surface area (Å²) in [6, 6.07) is 9.41. The molecule has 0 aliphatic heterocycles. The lowest BCUT2D eigenvalue weighted by molar-refractivity contribution is 0.326. The summed E-state index contributed by atoms with van der Waals surface area (Å²) in [4.78, 5) is 0. The second-order valence-corrected chi connectivity index (χ2v) is 2.79. The summed E-state index contributed by atoms with van der Waals surface area (Å²) in [7, 11) is 0. The van der Waals surface area contributed by atoms with E-state index >= 15 is 0 Å². The van der Waals surface area contributed by atoms with Gasteiger partial charge < -0.3 is 10.5 Å². The maximum atomic E-state index is 8.33. The molecule has 0 aromatic heterocycles. The van der Waals surface area contributed by atoms with Crippen LogP contribution in [0.15, 0.2) is 24.3 Å². The maximum Gasteiger partial charge on any atom is 0.119 e. The van der Waals surface area contributed by atoms with Crippen molar-refractivity contribution in [3.8, 4) is 23.7 Å². The Labute approximate surface area is 89.5 Å². The van der Waals surface area contributed by atoms with Gasteiger partial charge in [0.2, 0.25) is 0 Å². The van der Waals surface area contributed by atoms with Gasteiger partial charge in [-0.2, -0.15) is 5.26 Å². The number of hydrogen-bond donors (Lipinski definition) is 1. The van der Waals surface area contributed by atoms with Crippen molar-refractivity contribution < 1.29 is 4.74 Å². The summed E-state index contributed by atoms with van der Waals surface area (Å²) in [5, 5.41) is 8.33. The van der Waals surface area contributed by atoms with Gasteiger partial charge in [-0.1, -0.05) is 11.8 Å². The molecule has 0 amide bonds. The highest BCUT2D eigenvalue weighted by Crippen LogP contribution is 2.11. The van der Waals surface area contributed by atoms with E-state index in [1.54, 1.807) is 0 Å². The summed E-state index contributed by atoms with van der Waals surface area (Å²) >= 11 is 0. The van der Waals surface area contributed by atoms with E-state index < -0.39 is 0 Å². The van der Waals surface area contributed by atoms with Crippen LogP contribution < -0.4 is 10.5 Å². The fraction of sp³-hybridized carbons (Fsp3) is 0.250. The van der Waals surface area contributed by atoms with Crippen LogP contribution in [0.4, 0.5) is 0 Å². The first kappa shape index (κ1) is 11.1. The molecule has 0 fully saturated rings. The monoisotopic (exact) mass is 200 g/mol. The first-order chi connectivity index (χ1) is 7.36. The summed E-state index contributed by atoms with van der Waals surface area (Å²) in [5.74, 6) is 6.44. The van der Waals surface area contributed by atoms with Crippen molar-refractivity contribution in [2.24, 2.45) is 5.73 Å². The Morgan fingerprint density at radius 1 is 1.27 bits per heavy atom. The largest absolute Gasteiger partial charge is 0.493 e. The van der Waals surface area contributed by atoms with Crippen LogP contribution in [0, 0.1) is 23.2 Å². The van der Waals surface area contributed by atoms with Crippen LogP contribution in [0.1, 0.15) is 12.0 Å². The quantitative estimate of drug-likeness (QED) is 0.590. The van der Waals surface area contributed by atoms with E-state index in [0.717, 1.165) is 11.3 Å². The van der Waals surface area contributed by atoms with Gasteiger partial charge in [-0.15, -0.1) is 0 Å². The van der Waals surface area contributed by atoms with Crippen molar-refractivity contribution in [2.45, 2.75) is 6.42 Å². The van der Waals surface area contributed by atoms with Crippen LogP contribution in [0.2, 0.25) is 0 Å². The van der Waals surface area contributed by atoms with E-state index in [1.807, 2.05) is 30.3 Å². The normalized spacial score (nSPS) is 8.53. The summed E-state index contributed by atoms with van der Waals surface area (Å²) in [6.07, 6.45) is 0.398. The predicted molar refractivity (Wildman–Crippen MR) is 58.1 cm³/mol. The van der Waals surface area contributed by atoms with Gasteiger partial charge in [0.05, 0.1) is 19.0 Å². The van der Waals surface area contributed by atoms with Crippen LogP contribution in [-0.2, 0) is 0 Å². The Hall–Kier alpha value is -1.97. The zero-order valence-electron chi connectivity index (χ0n) is 8.36. The van der Waals surface area contributed by atoms with Crippen molar-refractivity contribution in [2.75, 3.05) is 13.2 Å². The van der Waals surface area contributed by atoms with Gasteiger partial charge in [0, 0.05) is 5.56 Å². The molecule has 0 atom stereocenters. The molecule has 0 bridgehead atoms. The van der Waals surface area contributed by atoms with Crippen LogP contribution in [0.25, 0.3) is 0 Å². The molecule has 3 heteroatoms. The number of rotatable bonds is 3. The summed E-state index contributed by atoms with van der Waals surface area (Å²) in [6.45, 7) is 0.782. The third-order valence-corrected chi connectivity index (χ3v) is 1.67. The lowest BCUT2D eigenvalue weighted by Gasteiger charge is -2.02. The lowest BCUT2D eigenvalue weighted by atomic mass is 10.2. The molecule has 0 heterocycles. The van der Waals surface area contributed by atoms with Gasteiger partial charge in [-0.3, -0.25) is 0 Å². The Bertz CT molecular complexity index is 392. The Kier molecular flexibility index (Phi) is 4.80. The molecular weight excluding hydrogens is 188 g/mol. The van der Waals surface area contributed by atoms with Crippen molar-refractivity contribution in [3.63, 3.8) is 0 Å². The second-order valence-electron chi connectivity index (χ2n) is 2.79. The van der Waals surface area contributed by atoms with Gasteiger partial charge in [0.15, 0.2) is 0 Å². The second kappa shape index (κ2) is 6.48. The number of nitriles is 1. The van der Waals surface area contributed by atoms with Crippen LogP contribution >= 0.6 is 0 Å². The number of benzene rings is 1. The molecule has 0 saturated carbocycles. The highest BCUT2D eigenvalue weighted by atomic mass is 16.5. The zero-order chi connectivity index (χ0) is 10.9. The third kappa shape index (κ3) is 4.17. The number of ether oxygens (including phenoxy) is 1. The molecule has 2 N–H and O–H groups in total. The molecule has 1 aromatic carbocycles. The van der Waals surface area contributed by atoms with E-state index in [9.17, 15) is 0 Å². The van der Waals surface area contributed by atoms with E-state index in [-0.39, 0.29) is 0 Å². The highest BCUT2D eigenvalue weighted by Gasteiger charge is 1.92. The van der Waals surface area contributed by atoms with Crippen LogP contribution in [0.3, 0.4) is 0 Å². The molecule has 0 radical (unpaired) electrons. The Balaban J connectivity index is 2.53. The fourth-order valence-corrected chi connectivity index (χ4v) is 1.00. The SMILES string of the molecule is N#CCCOc1ccc(C#CCN)cc1. The molecule has 0 saturated heterocycles. The average molecular weight is 200 g/mol. The summed E-state index contributed by atoms with van der Waals surface area (Å²) < 4.78 is 5.31. The average Bonchev–Trinajstić information content (AvgIpc) is 2.28. The van der Waals surface area contributed by atoms with E-state index in [4.69, 9.17) is 15.7 Å². The lowest BCUT2D eigenvalue weighted by Crippen LogP contribution is -1.95. The summed E-state index contributed by atoms with van der Waals surface area (Å²) in [5.41, 5.74) is 6.17. The molecule has 0 spiro atoms. The standard InChI is InChI=1S/C12H12N2O/c13-8-1-3-11-4-6-12(7-5-11)15-10-2-9-14/h4-7H,2,8,10,13H2. The van der Waals surface area contributed by atoms with Gasteiger partial charge >= 0.3 is 0 Å². The van der Waals surface area contributed by atoms with E-state index in [1.165, 1.54) is 0 Å². The Morgan fingerprint density at radius 3 is 2.60 bits per heavy atom. The molecule has 0 unspecified atom stereocenters. The minimum atomic E-state index is 0.362. The molecule has 15 heavy (non-hydrogen) atoms. The molecular formula is C12H12N2O. The van der Waals surface area contributed by atoms with Gasteiger partial charge in [-0.25, -0.2) is 0 Å². The minimum absolute atomic E-state index is 0.362. The van der Waals surface area contributed by atoms with Crippen LogP contribution in [0.5, 0.6) is 5.75 Å². The predicted octanol–water partition coefficient (Wildman–Crippen LogP) is 1.29. The van der Waals surface area contributed by atoms with Crippen LogP contribution in [-0.4, -0.2) is 13.2 Å². The highest BCUT2D eigenvalue weighted by molar-refractivity contribution is 5.38. The molecule has 1 rings (SSSR count). The van der Waals surface area contributed by atoms with E-state index in [0.29, 0.717) is 19.6 Å². The molecule has 0 aliphatic rings. The Morgan fingerprint density at radius 2 is 2.00 bits per heavy atom. The smallest absolute Gasteiger partial charge is 0.119 e. The topological polar surface area (TPSA) is 59.0 Å². The third-order valence-electron chi connectivity index (χ3n) is 1.67.